The fourth-order valence-corrected chi connectivity index (χ4v) is 3.32. The lowest BCUT2D eigenvalue weighted by atomic mass is 9.93. The number of aromatic amines is 1. The molecule has 0 radical (unpaired) electrons. The van der Waals surface area contributed by atoms with Crippen molar-refractivity contribution in [2.24, 2.45) is 13.0 Å². The van der Waals surface area contributed by atoms with Crippen LogP contribution < -0.4 is 0 Å². The van der Waals surface area contributed by atoms with E-state index in [4.69, 9.17) is 4.42 Å². The highest BCUT2D eigenvalue weighted by molar-refractivity contribution is 5.51. The summed E-state index contributed by atoms with van der Waals surface area (Å²) in [7, 11) is 2.01. The van der Waals surface area contributed by atoms with Crippen LogP contribution in [0.4, 0.5) is 0 Å². The number of aryl methyl sites for hydroxylation is 1. The molecule has 1 saturated heterocycles. The van der Waals surface area contributed by atoms with Gasteiger partial charge in [-0.2, -0.15) is 5.10 Å². The van der Waals surface area contributed by atoms with Gasteiger partial charge in [0.1, 0.15) is 23.6 Å². The predicted molar refractivity (Wildman–Crippen MR) is 89.0 cm³/mol. The van der Waals surface area contributed by atoms with E-state index >= 15 is 0 Å². The van der Waals surface area contributed by atoms with Gasteiger partial charge < -0.3 is 8.98 Å². The van der Waals surface area contributed by atoms with Crippen molar-refractivity contribution in [1.29, 1.82) is 0 Å². The van der Waals surface area contributed by atoms with E-state index in [0.717, 1.165) is 49.1 Å². The van der Waals surface area contributed by atoms with E-state index in [9.17, 15) is 0 Å². The maximum Gasteiger partial charge on any atom is 0.152 e. The van der Waals surface area contributed by atoms with E-state index in [1.165, 1.54) is 12.8 Å². The molecule has 0 atom stereocenters. The number of furan rings is 1. The molecule has 0 aliphatic carbocycles. The lowest BCUT2D eigenvalue weighted by molar-refractivity contribution is 0.165. The Balaban J connectivity index is 1.30. The summed E-state index contributed by atoms with van der Waals surface area (Å²) in [5, 5.41) is 15.1. The zero-order valence-corrected chi connectivity index (χ0v) is 13.9. The van der Waals surface area contributed by atoms with Crippen LogP contribution >= 0.6 is 0 Å². The zero-order chi connectivity index (χ0) is 16.4. The van der Waals surface area contributed by atoms with Gasteiger partial charge in [0.25, 0.3) is 0 Å². The van der Waals surface area contributed by atoms with Crippen LogP contribution in [-0.4, -0.2) is 43.0 Å². The SMILES string of the molecule is Cn1cnnc1CC1CCN(Cc2ccc(-c3ccn[nH]3)o2)CC1. The Bertz CT molecular complexity index is 767. The number of rotatable bonds is 5. The summed E-state index contributed by atoms with van der Waals surface area (Å²) in [6, 6.07) is 5.98. The van der Waals surface area contributed by atoms with Crippen LogP contribution in [0.3, 0.4) is 0 Å². The summed E-state index contributed by atoms with van der Waals surface area (Å²) >= 11 is 0. The van der Waals surface area contributed by atoms with Crippen LogP contribution in [0.2, 0.25) is 0 Å². The molecule has 7 nitrogen and oxygen atoms in total. The van der Waals surface area contributed by atoms with Gasteiger partial charge in [-0.15, -0.1) is 10.2 Å². The smallest absolute Gasteiger partial charge is 0.152 e. The molecule has 4 rings (SSSR count). The fraction of sp³-hybridized carbons (Fsp3) is 0.471. The number of piperidine rings is 1. The normalized spacial score (nSPS) is 16.7. The second-order valence-corrected chi connectivity index (χ2v) is 6.52. The largest absolute Gasteiger partial charge is 0.458 e. The molecule has 24 heavy (non-hydrogen) atoms. The van der Waals surface area contributed by atoms with Gasteiger partial charge in [0.2, 0.25) is 0 Å². The molecule has 1 aliphatic heterocycles. The molecule has 0 bridgehead atoms. The van der Waals surface area contributed by atoms with E-state index in [2.05, 4.69) is 31.4 Å². The standard InChI is InChI=1S/C17H22N6O/c1-22-12-19-21-17(22)10-13-5-8-23(9-6-13)11-14-2-3-16(24-14)15-4-7-18-20-15/h2-4,7,12-13H,5-6,8-11H2,1H3,(H,18,20). The van der Waals surface area contributed by atoms with E-state index in [1.54, 1.807) is 12.5 Å². The molecular formula is C17H22N6O. The molecule has 3 aromatic rings. The summed E-state index contributed by atoms with van der Waals surface area (Å²) in [4.78, 5) is 2.46. The first kappa shape index (κ1) is 15.1. The molecule has 1 fully saturated rings. The molecule has 7 heteroatoms. The molecule has 0 unspecified atom stereocenters. The first-order valence-electron chi connectivity index (χ1n) is 8.41. The Morgan fingerprint density at radius 1 is 1.25 bits per heavy atom. The number of H-pyrrole nitrogens is 1. The lowest BCUT2D eigenvalue weighted by Gasteiger charge is -2.31. The van der Waals surface area contributed by atoms with Gasteiger partial charge in [-0.25, -0.2) is 0 Å². The Morgan fingerprint density at radius 2 is 2.12 bits per heavy atom. The third-order valence-corrected chi connectivity index (χ3v) is 4.79. The molecule has 0 spiro atoms. The summed E-state index contributed by atoms with van der Waals surface area (Å²) in [5.74, 6) is 3.64. The van der Waals surface area contributed by atoms with Gasteiger partial charge in [0, 0.05) is 19.7 Å². The zero-order valence-electron chi connectivity index (χ0n) is 13.9. The van der Waals surface area contributed by atoms with Gasteiger partial charge in [0.05, 0.1) is 6.54 Å². The van der Waals surface area contributed by atoms with Crippen LogP contribution in [0, 0.1) is 5.92 Å². The molecule has 3 aromatic heterocycles. The van der Waals surface area contributed by atoms with Crippen molar-refractivity contribution in [2.75, 3.05) is 13.1 Å². The monoisotopic (exact) mass is 326 g/mol. The van der Waals surface area contributed by atoms with E-state index < -0.39 is 0 Å². The highest BCUT2D eigenvalue weighted by Crippen LogP contribution is 2.24. The Labute approximate surface area is 140 Å². The van der Waals surface area contributed by atoms with Gasteiger partial charge >= 0.3 is 0 Å². The van der Waals surface area contributed by atoms with Crippen LogP contribution in [0.15, 0.2) is 35.1 Å². The first-order chi connectivity index (χ1) is 11.8. The number of hydrogen-bond donors (Lipinski definition) is 1. The minimum atomic E-state index is 0.696. The summed E-state index contributed by atoms with van der Waals surface area (Å²) in [6.45, 7) is 3.07. The quantitative estimate of drug-likeness (QED) is 0.778. The number of nitrogens with zero attached hydrogens (tertiary/aromatic N) is 5. The van der Waals surface area contributed by atoms with Gasteiger partial charge in [-0.1, -0.05) is 0 Å². The van der Waals surface area contributed by atoms with Crippen LogP contribution in [0.25, 0.3) is 11.5 Å². The first-order valence-corrected chi connectivity index (χ1v) is 8.41. The summed E-state index contributed by atoms with van der Waals surface area (Å²) in [6.07, 6.45) is 6.93. The molecule has 0 aromatic carbocycles. The van der Waals surface area contributed by atoms with Gasteiger partial charge in [-0.05, 0) is 50.0 Å². The molecule has 0 amide bonds. The van der Waals surface area contributed by atoms with E-state index in [1.807, 2.05) is 23.7 Å². The number of hydrogen-bond acceptors (Lipinski definition) is 5. The number of nitrogens with one attached hydrogen (secondary N) is 1. The highest BCUT2D eigenvalue weighted by atomic mass is 16.3. The van der Waals surface area contributed by atoms with Crippen molar-refractivity contribution in [3.8, 4) is 11.5 Å². The lowest BCUT2D eigenvalue weighted by Crippen LogP contribution is -2.34. The average Bonchev–Trinajstić information content (AvgIpc) is 3.32. The Hall–Kier alpha value is -2.41. The Kier molecular flexibility index (Phi) is 4.17. The Morgan fingerprint density at radius 3 is 2.83 bits per heavy atom. The fourth-order valence-electron chi connectivity index (χ4n) is 3.32. The van der Waals surface area contributed by atoms with E-state index in [-0.39, 0.29) is 0 Å². The molecule has 1 N–H and O–H groups in total. The highest BCUT2D eigenvalue weighted by Gasteiger charge is 2.21. The predicted octanol–water partition coefficient (Wildman–Crippen LogP) is 2.25. The molecule has 0 saturated carbocycles. The second kappa shape index (κ2) is 6.60. The van der Waals surface area contributed by atoms with Crippen LogP contribution in [0.5, 0.6) is 0 Å². The molecular weight excluding hydrogens is 304 g/mol. The van der Waals surface area contributed by atoms with Crippen molar-refractivity contribution in [1.82, 2.24) is 29.9 Å². The van der Waals surface area contributed by atoms with Crippen molar-refractivity contribution in [3.63, 3.8) is 0 Å². The van der Waals surface area contributed by atoms with Gasteiger partial charge in [-0.3, -0.25) is 10.00 Å². The molecule has 1 aliphatic rings. The maximum atomic E-state index is 5.92. The topological polar surface area (TPSA) is 75.8 Å². The molecule has 4 heterocycles. The van der Waals surface area contributed by atoms with Crippen molar-refractivity contribution < 1.29 is 4.42 Å². The van der Waals surface area contributed by atoms with Gasteiger partial charge in [0.15, 0.2) is 5.76 Å². The second-order valence-electron chi connectivity index (χ2n) is 6.52. The summed E-state index contributed by atoms with van der Waals surface area (Å²) < 4.78 is 7.94. The van der Waals surface area contributed by atoms with Crippen LogP contribution in [0.1, 0.15) is 24.4 Å². The minimum absolute atomic E-state index is 0.696. The van der Waals surface area contributed by atoms with Crippen molar-refractivity contribution in [3.05, 3.63) is 42.3 Å². The molecule has 126 valence electrons. The maximum absolute atomic E-state index is 5.92. The van der Waals surface area contributed by atoms with Crippen molar-refractivity contribution in [2.45, 2.75) is 25.8 Å². The van der Waals surface area contributed by atoms with E-state index in [0.29, 0.717) is 5.92 Å². The number of aromatic nitrogens is 5. The average molecular weight is 326 g/mol. The van der Waals surface area contributed by atoms with Crippen molar-refractivity contribution >= 4 is 0 Å². The number of likely N-dealkylation sites (tertiary alicyclic amines) is 1. The third kappa shape index (κ3) is 3.26. The van der Waals surface area contributed by atoms with Crippen LogP contribution in [-0.2, 0) is 20.0 Å². The third-order valence-electron chi connectivity index (χ3n) is 4.79. The minimum Gasteiger partial charge on any atom is -0.458 e. The summed E-state index contributed by atoms with van der Waals surface area (Å²) in [5.41, 5.74) is 0.920.